The number of aryl methyl sites for hydroxylation is 1. The number of nitrogens with zero attached hydrogens (tertiary/aromatic N) is 2. The first-order valence-corrected chi connectivity index (χ1v) is 10.0. The van der Waals surface area contributed by atoms with Gasteiger partial charge >= 0.3 is 6.09 Å². The quantitative estimate of drug-likeness (QED) is 0.672. The van der Waals surface area contributed by atoms with Crippen molar-refractivity contribution in [2.45, 2.75) is 57.9 Å². The predicted octanol–water partition coefficient (Wildman–Crippen LogP) is 3.13. The fraction of sp³-hybridized carbons (Fsp3) is 0.556. The van der Waals surface area contributed by atoms with Crippen molar-refractivity contribution in [1.29, 1.82) is 0 Å². The van der Waals surface area contributed by atoms with E-state index in [2.05, 4.69) is 25.8 Å². The van der Waals surface area contributed by atoms with E-state index in [1.54, 1.807) is 6.20 Å². The standard InChI is InChI=1S/C18H25N5O3S/c1-3-6-26-18(25)20-13-5-4-12(7-13)15-9-16(23-22-15)21-17(24)8-14-10-19-11(2)27-14/h9-10,12-13H,3-8H2,1-2H3,(H,20,25)(H2,21,22,23,24)/t12-,13+/m0/s1. The van der Waals surface area contributed by atoms with Gasteiger partial charge in [-0.1, -0.05) is 6.92 Å². The highest BCUT2D eigenvalue weighted by Gasteiger charge is 2.28. The van der Waals surface area contributed by atoms with E-state index in [4.69, 9.17) is 4.74 Å². The van der Waals surface area contributed by atoms with Crippen molar-refractivity contribution in [3.8, 4) is 0 Å². The molecule has 1 fully saturated rings. The number of anilines is 1. The minimum atomic E-state index is -0.349. The molecule has 1 aliphatic rings. The van der Waals surface area contributed by atoms with Crippen molar-refractivity contribution in [1.82, 2.24) is 20.5 Å². The van der Waals surface area contributed by atoms with E-state index in [1.165, 1.54) is 11.3 Å². The van der Waals surface area contributed by atoms with Crippen LogP contribution in [0.1, 0.15) is 54.1 Å². The SMILES string of the molecule is CCCOC(=O)N[C@@H]1CC[C@H](c2cc(NC(=O)Cc3cnc(C)s3)n[nH]2)C1. The van der Waals surface area contributed by atoms with Gasteiger partial charge in [0.2, 0.25) is 5.91 Å². The summed E-state index contributed by atoms with van der Waals surface area (Å²) < 4.78 is 5.07. The number of ether oxygens (including phenoxy) is 1. The molecule has 0 spiro atoms. The molecule has 1 saturated carbocycles. The van der Waals surface area contributed by atoms with Crippen LogP contribution in [0.2, 0.25) is 0 Å². The average Bonchev–Trinajstić information content (AvgIpc) is 3.35. The number of alkyl carbamates (subject to hydrolysis) is 1. The number of aromatic amines is 1. The second-order valence-electron chi connectivity index (χ2n) is 6.77. The van der Waals surface area contributed by atoms with Gasteiger partial charge in [-0.05, 0) is 32.6 Å². The fourth-order valence-electron chi connectivity index (χ4n) is 3.24. The van der Waals surface area contributed by atoms with Crippen molar-refractivity contribution >= 4 is 29.2 Å². The van der Waals surface area contributed by atoms with Crippen LogP contribution in [0.15, 0.2) is 12.3 Å². The molecule has 1 aliphatic carbocycles. The molecular formula is C18H25N5O3S. The van der Waals surface area contributed by atoms with Crippen LogP contribution < -0.4 is 10.6 Å². The molecule has 2 aromatic rings. The fourth-order valence-corrected chi connectivity index (χ4v) is 4.03. The molecule has 146 valence electrons. The molecule has 2 aromatic heterocycles. The number of rotatable bonds is 7. The molecule has 2 amide bonds. The number of hydrogen-bond donors (Lipinski definition) is 3. The third kappa shape index (κ3) is 5.53. The summed E-state index contributed by atoms with van der Waals surface area (Å²) in [6, 6.07) is 1.98. The molecular weight excluding hydrogens is 366 g/mol. The van der Waals surface area contributed by atoms with Gasteiger partial charge in [0.1, 0.15) is 0 Å². The zero-order chi connectivity index (χ0) is 19.2. The molecule has 3 rings (SSSR count). The molecule has 9 heteroatoms. The number of amides is 2. The highest BCUT2D eigenvalue weighted by molar-refractivity contribution is 7.11. The highest BCUT2D eigenvalue weighted by atomic mass is 32.1. The molecule has 2 atom stereocenters. The van der Waals surface area contributed by atoms with E-state index in [1.807, 2.05) is 19.9 Å². The Morgan fingerprint density at radius 3 is 3.00 bits per heavy atom. The summed E-state index contributed by atoms with van der Waals surface area (Å²) in [5.74, 6) is 0.695. The van der Waals surface area contributed by atoms with Gasteiger partial charge in [0.05, 0.1) is 18.0 Å². The molecule has 27 heavy (non-hydrogen) atoms. The Kier molecular flexibility index (Phi) is 6.44. The molecule has 0 unspecified atom stereocenters. The van der Waals surface area contributed by atoms with E-state index in [9.17, 15) is 9.59 Å². The monoisotopic (exact) mass is 391 g/mol. The summed E-state index contributed by atoms with van der Waals surface area (Å²) in [6.07, 6.45) is 5.17. The maximum Gasteiger partial charge on any atom is 0.407 e. The van der Waals surface area contributed by atoms with Crippen LogP contribution in [-0.2, 0) is 16.0 Å². The van der Waals surface area contributed by atoms with Crippen LogP contribution in [0.25, 0.3) is 0 Å². The van der Waals surface area contributed by atoms with E-state index in [0.29, 0.717) is 18.8 Å². The van der Waals surface area contributed by atoms with E-state index < -0.39 is 0 Å². The highest BCUT2D eigenvalue weighted by Crippen LogP contribution is 2.34. The average molecular weight is 391 g/mol. The third-order valence-electron chi connectivity index (χ3n) is 4.50. The molecule has 2 heterocycles. The Morgan fingerprint density at radius 1 is 1.41 bits per heavy atom. The lowest BCUT2D eigenvalue weighted by Gasteiger charge is -2.12. The van der Waals surface area contributed by atoms with Gasteiger partial charge in [-0.2, -0.15) is 5.10 Å². The second-order valence-corrected chi connectivity index (χ2v) is 8.09. The number of thiazole rings is 1. The van der Waals surface area contributed by atoms with Gasteiger partial charge in [0.25, 0.3) is 0 Å². The normalized spacial score (nSPS) is 19.0. The summed E-state index contributed by atoms with van der Waals surface area (Å²) >= 11 is 1.52. The summed E-state index contributed by atoms with van der Waals surface area (Å²) in [7, 11) is 0. The van der Waals surface area contributed by atoms with Gasteiger partial charge in [0.15, 0.2) is 5.82 Å². The van der Waals surface area contributed by atoms with Gasteiger partial charge in [-0.3, -0.25) is 9.89 Å². The van der Waals surface area contributed by atoms with Crippen molar-refractivity contribution in [2.75, 3.05) is 11.9 Å². The number of aromatic nitrogens is 3. The molecule has 0 saturated heterocycles. The number of carbonyl (C=O) groups is 2. The van der Waals surface area contributed by atoms with E-state index in [-0.39, 0.29) is 24.0 Å². The van der Waals surface area contributed by atoms with E-state index in [0.717, 1.165) is 41.3 Å². The lowest BCUT2D eigenvalue weighted by atomic mass is 10.0. The Morgan fingerprint density at radius 2 is 2.26 bits per heavy atom. The smallest absolute Gasteiger partial charge is 0.407 e. The predicted molar refractivity (Wildman–Crippen MR) is 103 cm³/mol. The minimum absolute atomic E-state index is 0.107. The summed E-state index contributed by atoms with van der Waals surface area (Å²) in [5.41, 5.74) is 0.977. The first-order valence-electron chi connectivity index (χ1n) is 9.23. The van der Waals surface area contributed by atoms with Crippen molar-refractivity contribution in [2.24, 2.45) is 0 Å². The van der Waals surface area contributed by atoms with Crippen LogP contribution >= 0.6 is 11.3 Å². The second kappa shape index (κ2) is 8.98. The van der Waals surface area contributed by atoms with Crippen LogP contribution in [0, 0.1) is 6.92 Å². The van der Waals surface area contributed by atoms with Gasteiger partial charge < -0.3 is 15.4 Å². The lowest BCUT2D eigenvalue weighted by Crippen LogP contribution is -2.33. The molecule has 3 N–H and O–H groups in total. The molecule has 0 radical (unpaired) electrons. The van der Waals surface area contributed by atoms with Gasteiger partial charge in [-0.15, -0.1) is 11.3 Å². The van der Waals surface area contributed by atoms with E-state index >= 15 is 0 Å². The van der Waals surface area contributed by atoms with Crippen LogP contribution in [-0.4, -0.2) is 39.8 Å². The summed E-state index contributed by atoms with van der Waals surface area (Å²) in [6.45, 7) is 4.32. The Hall–Kier alpha value is -2.42. The molecule has 0 bridgehead atoms. The number of H-pyrrole nitrogens is 1. The summed E-state index contributed by atoms with van der Waals surface area (Å²) in [5, 5.41) is 13.9. The molecule has 8 nitrogen and oxygen atoms in total. The van der Waals surface area contributed by atoms with Crippen LogP contribution in [0.4, 0.5) is 10.6 Å². The third-order valence-corrected chi connectivity index (χ3v) is 5.41. The van der Waals surface area contributed by atoms with Gasteiger partial charge in [-0.25, -0.2) is 9.78 Å². The number of nitrogens with one attached hydrogen (secondary N) is 3. The molecule has 0 aliphatic heterocycles. The number of carbonyl (C=O) groups excluding carboxylic acids is 2. The zero-order valence-corrected chi connectivity index (χ0v) is 16.4. The maximum absolute atomic E-state index is 12.1. The molecule has 0 aromatic carbocycles. The maximum atomic E-state index is 12.1. The Bertz CT molecular complexity index is 788. The topological polar surface area (TPSA) is 109 Å². The first kappa shape index (κ1) is 19.3. The van der Waals surface area contributed by atoms with Crippen LogP contribution in [0.3, 0.4) is 0 Å². The first-order chi connectivity index (χ1) is 13.0. The van der Waals surface area contributed by atoms with Crippen LogP contribution in [0.5, 0.6) is 0 Å². The van der Waals surface area contributed by atoms with Gasteiger partial charge in [0, 0.05) is 34.8 Å². The Labute approximate surface area is 162 Å². The number of hydrogen-bond acceptors (Lipinski definition) is 6. The Balaban J connectivity index is 1.47. The summed E-state index contributed by atoms with van der Waals surface area (Å²) in [4.78, 5) is 28.9. The zero-order valence-electron chi connectivity index (χ0n) is 15.6. The van der Waals surface area contributed by atoms with Crippen molar-refractivity contribution < 1.29 is 14.3 Å². The lowest BCUT2D eigenvalue weighted by molar-refractivity contribution is -0.115. The van der Waals surface area contributed by atoms with Crippen molar-refractivity contribution in [3.05, 3.63) is 27.8 Å². The van der Waals surface area contributed by atoms with Crippen molar-refractivity contribution in [3.63, 3.8) is 0 Å². The largest absolute Gasteiger partial charge is 0.450 e. The minimum Gasteiger partial charge on any atom is -0.450 e.